The van der Waals surface area contributed by atoms with Crippen molar-refractivity contribution < 1.29 is 4.74 Å². The van der Waals surface area contributed by atoms with Gasteiger partial charge < -0.3 is 15.0 Å². The van der Waals surface area contributed by atoms with Crippen LogP contribution in [-0.4, -0.2) is 16.7 Å². The van der Waals surface area contributed by atoms with Gasteiger partial charge in [-0.3, -0.25) is 0 Å². The van der Waals surface area contributed by atoms with Crippen LogP contribution in [0.15, 0.2) is 22.7 Å². The minimum Gasteiger partial charge on any atom is -0.496 e. The lowest BCUT2D eigenvalue weighted by Crippen LogP contribution is -2.05. The molecule has 4 nitrogen and oxygen atoms in total. The second-order valence-corrected chi connectivity index (χ2v) is 4.99. The molecular formula is C13H16BrN3O. The Bertz CT molecular complexity index is 578. The Hall–Kier alpha value is -1.33. The van der Waals surface area contributed by atoms with Gasteiger partial charge in [0.15, 0.2) is 0 Å². The van der Waals surface area contributed by atoms with Crippen molar-refractivity contribution in [2.24, 2.45) is 12.8 Å². The molecule has 0 saturated heterocycles. The maximum Gasteiger partial charge on any atom is 0.128 e. The van der Waals surface area contributed by atoms with Crippen LogP contribution < -0.4 is 10.5 Å². The van der Waals surface area contributed by atoms with Crippen LogP contribution in [0.3, 0.4) is 0 Å². The quantitative estimate of drug-likeness (QED) is 0.948. The predicted octanol–water partition coefficient (Wildman–Crippen LogP) is 2.63. The molecule has 0 spiro atoms. The maximum atomic E-state index is 5.69. The zero-order valence-electron chi connectivity index (χ0n) is 10.7. The minimum absolute atomic E-state index is 0.424. The summed E-state index contributed by atoms with van der Waals surface area (Å²) in [6.45, 7) is 2.45. The number of halogens is 1. The number of imidazole rings is 1. The molecule has 0 saturated carbocycles. The summed E-state index contributed by atoms with van der Waals surface area (Å²) in [5.74, 6) is 1.67. The Kier molecular flexibility index (Phi) is 3.73. The van der Waals surface area contributed by atoms with Crippen molar-refractivity contribution in [3.63, 3.8) is 0 Å². The number of aromatic nitrogens is 2. The average Bonchev–Trinajstić information content (AvgIpc) is 2.66. The van der Waals surface area contributed by atoms with E-state index in [4.69, 9.17) is 10.5 Å². The Morgan fingerprint density at radius 2 is 2.17 bits per heavy atom. The lowest BCUT2D eigenvalue weighted by Gasteiger charge is -2.08. The summed E-state index contributed by atoms with van der Waals surface area (Å²) in [5, 5.41) is 0. The summed E-state index contributed by atoms with van der Waals surface area (Å²) in [4.78, 5) is 4.58. The van der Waals surface area contributed by atoms with Crippen LogP contribution >= 0.6 is 15.9 Å². The van der Waals surface area contributed by atoms with Gasteiger partial charge in [-0.15, -0.1) is 0 Å². The van der Waals surface area contributed by atoms with E-state index < -0.39 is 0 Å². The molecule has 0 aliphatic rings. The van der Waals surface area contributed by atoms with E-state index in [0.717, 1.165) is 33.0 Å². The van der Waals surface area contributed by atoms with E-state index in [9.17, 15) is 0 Å². The molecule has 1 aromatic carbocycles. The van der Waals surface area contributed by atoms with Gasteiger partial charge in [-0.2, -0.15) is 0 Å². The highest BCUT2D eigenvalue weighted by Crippen LogP contribution is 2.33. The average molecular weight is 310 g/mol. The highest BCUT2D eigenvalue weighted by molar-refractivity contribution is 9.10. The SMILES string of the molecule is COc1ccc(Br)cc1-c1nc(CN)n(C)c1C. The van der Waals surface area contributed by atoms with Gasteiger partial charge in [-0.05, 0) is 25.1 Å². The van der Waals surface area contributed by atoms with Crippen molar-refractivity contribution in [2.45, 2.75) is 13.5 Å². The van der Waals surface area contributed by atoms with E-state index in [2.05, 4.69) is 20.9 Å². The fourth-order valence-corrected chi connectivity index (χ4v) is 2.30. The van der Waals surface area contributed by atoms with Gasteiger partial charge in [0, 0.05) is 22.8 Å². The molecule has 0 amide bonds. The lowest BCUT2D eigenvalue weighted by atomic mass is 10.1. The number of methoxy groups -OCH3 is 1. The number of hydrogen-bond acceptors (Lipinski definition) is 3. The molecule has 0 bridgehead atoms. The van der Waals surface area contributed by atoms with Gasteiger partial charge in [0.2, 0.25) is 0 Å². The Morgan fingerprint density at radius 3 is 2.72 bits per heavy atom. The maximum absolute atomic E-state index is 5.69. The first-order chi connectivity index (χ1) is 8.58. The monoisotopic (exact) mass is 309 g/mol. The smallest absolute Gasteiger partial charge is 0.128 e. The van der Waals surface area contributed by atoms with Crippen LogP contribution in [-0.2, 0) is 13.6 Å². The van der Waals surface area contributed by atoms with Crippen molar-refractivity contribution >= 4 is 15.9 Å². The molecule has 18 heavy (non-hydrogen) atoms. The topological polar surface area (TPSA) is 53.1 Å². The number of benzene rings is 1. The van der Waals surface area contributed by atoms with Crippen molar-refractivity contribution in [2.75, 3.05) is 7.11 Å². The van der Waals surface area contributed by atoms with Crippen molar-refractivity contribution in [3.8, 4) is 17.0 Å². The van der Waals surface area contributed by atoms with Gasteiger partial charge in [-0.25, -0.2) is 4.98 Å². The molecule has 96 valence electrons. The first-order valence-electron chi connectivity index (χ1n) is 5.64. The molecule has 5 heteroatoms. The molecule has 0 aliphatic heterocycles. The molecule has 0 atom stereocenters. The normalized spacial score (nSPS) is 10.7. The van der Waals surface area contributed by atoms with Crippen molar-refractivity contribution in [1.29, 1.82) is 0 Å². The first kappa shape index (κ1) is 13.1. The predicted molar refractivity (Wildman–Crippen MR) is 75.5 cm³/mol. The van der Waals surface area contributed by atoms with Crippen molar-refractivity contribution in [3.05, 3.63) is 34.2 Å². The van der Waals surface area contributed by atoms with E-state index in [1.54, 1.807) is 7.11 Å². The number of rotatable bonds is 3. The van der Waals surface area contributed by atoms with Gasteiger partial charge in [-0.1, -0.05) is 15.9 Å². The third kappa shape index (κ3) is 2.15. The van der Waals surface area contributed by atoms with Crippen LogP contribution in [0.5, 0.6) is 5.75 Å². The van der Waals surface area contributed by atoms with Gasteiger partial charge in [0.25, 0.3) is 0 Å². The fourth-order valence-electron chi connectivity index (χ4n) is 1.94. The molecular weight excluding hydrogens is 294 g/mol. The summed E-state index contributed by atoms with van der Waals surface area (Å²) in [7, 11) is 3.63. The van der Waals surface area contributed by atoms with E-state index in [-0.39, 0.29) is 0 Å². The second kappa shape index (κ2) is 5.12. The zero-order valence-corrected chi connectivity index (χ0v) is 12.3. The molecule has 0 fully saturated rings. The largest absolute Gasteiger partial charge is 0.496 e. The van der Waals surface area contributed by atoms with Crippen LogP contribution in [0.1, 0.15) is 11.5 Å². The van der Waals surface area contributed by atoms with Gasteiger partial charge in [0.05, 0.1) is 19.3 Å². The van der Waals surface area contributed by atoms with E-state index in [1.807, 2.05) is 36.7 Å². The first-order valence-corrected chi connectivity index (χ1v) is 6.44. The minimum atomic E-state index is 0.424. The van der Waals surface area contributed by atoms with E-state index in [1.165, 1.54) is 0 Å². The highest BCUT2D eigenvalue weighted by atomic mass is 79.9. The third-order valence-corrected chi connectivity index (χ3v) is 3.57. The number of nitrogens with two attached hydrogens (primary N) is 1. The van der Waals surface area contributed by atoms with Crippen LogP contribution in [0.25, 0.3) is 11.3 Å². The van der Waals surface area contributed by atoms with E-state index >= 15 is 0 Å². The molecule has 0 unspecified atom stereocenters. The Labute approximate surface area is 115 Å². The summed E-state index contributed by atoms with van der Waals surface area (Å²) in [5.41, 5.74) is 8.65. The zero-order chi connectivity index (χ0) is 13.3. The highest BCUT2D eigenvalue weighted by Gasteiger charge is 2.15. The van der Waals surface area contributed by atoms with Crippen molar-refractivity contribution in [1.82, 2.24) is 9.55 Å². The molecule has 2 N–H and O–H groups in total. The standard InChI is InChI=1S/C13H16BrN3O/c1-8-13(16-12(7-15)17(8)2)10-6-9(14)4-5-11(10)18-3/h4-6H,7,15H2,1-3H3. The summed E-state index contributed by atoms with van der Waals surface area (Å²) >= 11 is 3.47. The van der Waals surface area contributed by atoms with Crippen LogP contribution in [0, 0.1) is 6.92 Å². The number of nitrogens with zero attached hydrogens (tertiary/aromatic N) is 2. The van der Waals surface area contributed by atoms with Gasteiger partial charge in [0.1, 0.15) is 11.6 Å². The van der Waals surface area contributed by atoms with E-state index in [0.29, 0.717) is 6.54 Å². The summed E-state index contributed by atoms with van der Waals surface area (Å²) in [6.07, 6.45) is 0. The molecule has 0 aliphatic carbocycles. The summed E-state index contributed by atoms with van der Waals surface area (Å²) < 4.78 is 8.40. The molecule has 1 aromatic heterocycles. The Balaban J connectivity index is 2.64. The fraction of sp³-hybridized carbons (Fsp3) is 0.308. The molecule has 0 radical (unpaired) electrons. The third-order valence-electron chi connectivity index (χ3n) is 3.07. The van der Waals surface area contributed by atoms with Crippen LogP contribution in [0.4, 0.5) is 0 Å². The van der Waals surface area contributed by atoms with Gasteiger partial charge >= 0.3 is 0 Å². The number of hydrogen-bond donors (Lipinski definition) is 1. The molecule has 2 aromatic rings. The van der Waals surface area contributed by atoms with Crippen LogP contribution in [0.2, 0.25) is 0 Å². The lowest BCUT2D eigenvalue weighted by molar-refractivity contribution is 0.416. The Morgan fingerprint density at radius 1 is 1.44 bits per heavy atom. The number of ether oxygens (including phenoxy) is 1. The second-order valence-electron chi connectivity index (χ2n) is 4.07. The molecule has 2 rings (SSSR count). The molecule has 1 heterocycles. The summed E-state index contributed by atoms with van der Waals surface area (Å²) in [6, 6.07) is 5.88.